The maximum absolute atomic E-state index is 13.6. The van der Waals surface area contributed by atoms with Gasteiger partial charge in [-0.2, -0.15) is 5.10 Å². The van der Waals surface area contributed by atoms with E-state index in [0.717, 1.165) is 9.86 Å². The van der Waals surface area contributed by atoms with Gasteiger partial charge in [-0.25, -0.2) is 10.2 Å². The third-order valence-corrected chi connectivity index (χ3v) is 8.08. The molecule has 10 nitrogen and oxygen atoms in total. The van der Waals surface area contributed by atoms with Crippen LogP contribution in [0.5, 0.6) is 28.7 Å². The molecule has 48 heavy (non-hydrogen) atoms. The van der Waals surface area contributed by atoms with E-state index in [1.165, 1.54) is 6.21 Å². The molecule has 0 saturated carbocycles. The molecule has 0 radical (unpaired) electrons. The molecule has 5 rings (SSSR count). The number of H-pyrrole nitrogens is 1. The van der Waals surface area contributed by atoms with Crippen molar-refractivity contribution >= 4 is 56.5 Å². The molecule has 0 saturated heterocycles. The molecule has 2 N–H and O–H groups in total. The van der Waals surface area contributed by atoms with Crippen molar-refractivity contribution in [2.45, 2.75) is 20.8 Å². The fraction of sp³-hybridized carbons (Fsp3) is 0.194. The van der Waals surface area contributed by atoms with Gasteiger partial charge in [-0.3, -0.25) is 4.79 Å². The summed E-state index contributed by atoms with van der Waals surface area (Å²) in [5.74, 6) is 1.01. The molecule has 0 aliphatic heterocycles. The second kappa shape index (κ2) is 15.7. The number of rotatable bonds is 13. The number of nitrogens with one attached hydrogen (secondary N) is 2. The van der Waals surface area contributed by atoms with Crippen LogP contribution in [0.2, 0.25) is 5.02 Å². The standard InChI is InChI=1S/C36H33BrClN3O7/c1-5-45-26-16-13-22(19-30(26)47-7-3)36(43)48-27-15-12-21(18-29(27)46-6-2)20-39-41-35(42)34-31(23-10-8-9-11-25(23)38)32-24(37)14-17-28(44-4)33(32)40-34/h8-20,40H,5-7H2,1-4H3,(H,41,42). The molecule has 0 aliphatic carbocycles. The van der Waals surface area contributed by atoms with Gasteiger partial charge in [-0.15, -0.1) is 0 Å². The number of hydrazone groups is 1. The average Bonchev–Trinajstić information content (AvgIpc) is 3.49. The number of carbonyl (C=O) groups excluding carboxylic acids is 2. The van der Waals surface area contributed by atoms with Crippen LogP contribution in [0.15, 0.2) is 82.4 Å². The molecule has 1 amide bonds. The van der Waals surface area contributed by atoms with Crippen LogP contribution in [0.3, 0.4) is 0 Å². The molecule has 0 fully saturated rings. The van der Waals surface area contributed by atoms with Gasteiger partial charge in [0.25, 0.3) is 5.91 Å². The molecule has 1 aromatic heterocycles. The van der Waals surface area contributed by atoms with E-state index < -0.39 is 11.9 Å². The second-order valence-electron chi connectivity index (χ2n) is 10.1. The number of benzene rings is 4. The zero-order valence-corrected chi connectivity index (χ0v) is 29.0. The van der Waals surface area contributed by atoms with Crippen LogP contribution in [0, 0.1) is 0 Å². The predicted octanol–water partition coefficient (Wildman–Crippen LogP) is 8.44. The summed E-state index contributed by atoms with van der Waals surface area (Å²) in [6.07, 6.45) is 1.46. The maximum Gasteiger partial charge on any atom is 0.343 e. The molecule has 0 atom stereocenters. The third-order valence-electron chi connectivity index (χ3n) is 7.09. The van der Waals surface area contributed by atoms with Gasteiger partial charge in [-0.05, 0) is 80.9 Å². The summed E-state index contributed by atoms with van der Waals surface area (Å²) in [6.45, 7) is 6.73. The smallest absolute Gasteiger partial charge is 0.343 e. The van der Waals surface area contributed by atoms with Crippen LogP contribution in [-0.2, 0) is 0 Å². The number of carbonyl (C=O) groups is 2. The first-order valence-electron chi connectivity index (χ1n) is 15.1. The van der Waals surface area contributed by atoms with Gasteiger partial charge in [0.15, 0.2) is 23.0 Å². The lowest BCUT2D eigenvalue weighted by molar-refractivity contribution is 0.0727. The van der Waals surface area contributed by atoms with E-state index >= 15 is 0 Å². The number of fused-ring (bicyclic) bond motifs is 1. The minimum absolute atomic E-state index is 0.219. The Bertz CT molecular complexity index is 1990. The second-order valence-corrected chi connectivity index (χ2v) is 11.4. The zero-order chi connectivity index (χ0) is 34.2. The van der Waals surface area contributed by atoms with E-state index in [0.29, 0.717) is 70.0 Å². The van der Waals surface area contributed by atoms with Crippen molar-refractivity contribution in [3.8, 4) is 39.9 Å². The maximum atomic E-state index is 13.6. The molecule has 248 valence electrons. The van der Waals surface area contributed by atoms with E-state index in [-0.39, 0.29) is 17.0 Å². The molecular formula is C36H33BrClN3O7. The average molecular weight is 735 g/mol. The molecule has 0 bridgehead atoms. The third kappa shape index (κ3) is 7.42. The van der Waals surface area contributed by atoms with Gasteiger partial charge >= 0.3 is 5.97 Å². The lowest BCUT2D eigenvalue weighted by Crippen LogP contribution is -2.19. The van der Waals surface area contributed by atoms with Crippen molar-refractivity contribution in [1.82, 2.24) is 10.4 Å². The molecule has 0 unspecified atom stereocenters. The van der Waals surface area contributed by atoms with Gasteiger partial charge in [0, 0.05) is 26.0 Å². The van der Waals surface area contributed by atoms with Crippen LogP contribution >= 0.6 is 27.5 Å². The topological polar surface area (TPSA) is 120 Å². The van der Waals surface area contributed by atoms with Gasteiger partial charge < -0.3 is 28.7 Å². The number of halogens is 2. The van der Waals surface area contributed by atoms with Crippen molar-refractivity contribution in [2.75, 3.05) is 26.9 Å². The monoisotopic (exact) mass is 733 g/mol. The number of aromatic nitrogens is 1. The van der Waals surface area contributed by atoms with E-state index in [1.807, 2.05) is 45.0 Å². The van der Waals surface area contributed by atoms with E-state index in [2.05, 4.69) is 31.4 Å². The van der Waals surface area contributed by atoms with Gasteiger partial charge in [-0.1, -0.05) is 45.7 Å². The number of nitrogens with zero attached hydrogens (tertiary/aromatic N) is 1. The Labute approximate surface area is 291 Å². The number of methoxy groups -OCH3 is 1. The summed E-state index contributed by atoms with van der Waals surface area (Å²) in [5, 5.41) is 5.41. The number of aromatic amines is 1. The number of hydrogen-bond acceptors (Lipinski definition) is 8. The summed E-state index contributed by atoms with van der Waals surface area (Å²) < 4.78 is 29.0. The Morgan fingerprint density at radius 1 is 0.854 bits per heavy atom. The van der Waals surface area contributed by atoms with Gasteiger partial charge in [0.2, 0.25) is 0 Å². The van der Waals surface area contributed by atoms with Gasteiger partial charge in [0.1, 0.15) is 11.4 Å². The number of ether oxygens (including phenoxy) is 5. The quantitative estimate of drug-likeness (QED) is 0.0539. The predicted molar refractivity (Wildman–Crippen MR) is 189 cm³/mol. The lowest BCUT2D eigenvalue weighted by Gasteiger charge is -2.13. The normalized spacial score (nSPS) is 11.0. The number of hydrogen-bond donors (Lipinski definition) is 2. The SMILES string of the molecule is CCOc1ccc(C(=O)Oc2ccc(C=NNC(=O)c3[nH]c4c(OC)ccc(Br)c4c3-c3ccccc3Cl)cc2OCC)cc1OCC. The highest BCUT2D eigenvalue weighted by Gasteiger charge is 2.24. The van der Waals surface area contributed by atoms with Crippen LogP contribution in [0.4, 0.5) is 0 Å². The summed E-state index contributed by atoms with van der Waals surface area (Å²) >= 11 is 10.2. The van der Waals surface area contributed by atoms with Crippen LogP contribution < -0.4 is 29.1 Å². The first-order valence-corrected chi connectivity index (χ1v) is 16.3. The zero-order valence-electron chi connectivity index (χ0n) is 26.7. The van der Waals surface area contributed by atoms with Gasteiger partial charge in [0.05, 0.1) is 44.2 Å². The fourth-order valence-electron chi connectivity index (χ4n) is 5.03. The summed E-state index contributed by atoms with van der Waals surface area (Å²) in [7, 11) is 1.56. The highest BCUT2D eigenvalue weighted by Crippen LogP contribution is 2.43. The summed E-state index contributed by atoms with van der Waals surface area (Å²) in [6, 6.07) is 20.7. The molecule has 1 heterocycles. The molecule has 4 aromatic carbocycles. The Kier molecular flexibility index (Phi) is 11.3. The van der Waals surface area contributed by atoms with Crippen LogP contribution in [0.25, 0.3) is 22.0 Å². The molecule has 0 aliphatic rings. The summed E-state index contributed by atoms with van der Waals surface area (Å²) in [5.41, 5.74) is 5.61. The van der Waals surface area contributed by atoms with E-state index in [1.54, 1.807) is 55.6 Å². The molecule has 12 heteroatoms. The highest BCUT2D eigenvalue weighted by molar-refractivity contribution is 9.10. The fourth-order valence-corrected chi connectivity index (χ4v) is 5.79. The Balaban J connectivity index is 1.38. The Hall–Kier alpha value is -5.00. The number of esters is 1. The van der Waals surface area contributed by atoms with Crippen LogP contribution in [0.1, 0.15) is 47.2 Å². The van der Waals surface area contributed by atoms with Crippen molar-refractivity contribution in [1.29, 1.82) is 0 Å². The lowest BCUT2D eigenvalue weighted by atomic mass is 10.0. The largest absolute Gasteiger partial charge is 0.495 e. The van der Waals surface area contributed by atoms with Crippen molar-refractivity contribution in [2.24, 2.45) is 5.10 Å². The Morgan fingerprint density at radius 3 is 2.23 bits per heavy atom. The Morgan fingerprint density at radius 2 is 1.52 bits per heavy atom. The van der Waals surface area contributed by atoms with Crippen molar-refractivity contribution in [3.05, 3.63) is 99.1 Å². The molecule has 5 aromatic rings. The summed E-state index contributed by atoms with van der Waals surface area (Å²) in [4.78, 5) is 29.8. The molecule has 0 spiro atoms. The van der Waals surface area contributed by atoms with Crippen molar-refractivity contribution < 1.29 is 33.3 Å². The number of amides is 1. The van der Waals surface area contributed by atoms with Crippen molar-refractivity contribution in [3.63, 3.8) is 0 Å². The van der Waals surface area contributed by atoms with E-state index in [9.17, 15) is 9.59 Å². The first-order chi connectivity index (χ1) is 23.3. The van der Waals surface area contributed by atoms with E-state index in [4.69, 9.17) is 35.3 Å². The minimum atomic E-state index is -0.593. The first kappa shape index (κ1) is 34.3. The highest BCUT2D eigenvalue weighted by atomic mass is 79.9. The molecular weight excluding hydrogens is 702 g/mol. The van der Waals surface area contributed by atoms with Crippen LogP contribution in [-0.4, -0.2) is 50.0 Å². The minimum Gasteiger partial charge on any atom is -0.495 e.